The van der Waals surface area contributed by atoms with Crippen molar-refractivity contribution in [3.63, 3.8) is 0 Å². The molecule has 5 rings (SSSR count). The number of hydrogen-bond donors (Lipinski definition) is 3. The summed E-state index contributed by atoms with van der Waals surface area (Å²) in [5.41, 5.74) is 7.91. The van der Waals surface area contributed by atoms with Crippen molar-refractivity contribution >= 4 is 10.9 Å². The van der Waals surface area contributed by atoms with Gasteiger partial charge in [-0.05, 0) is 23.3 Å². The Bertz CT molecular complexity index is 1410. The standard InChI is InChI=1S/C29H29N5O/c1-29(2,19-35)18-30-15-20-8-10-22(11-9-20)28-24(21-6-4-3-5-7-21)14-25-26(34-28)12-13-31-27(25)23-16-32-33-17-23/h3-14,16-17,30,35H,15,18-19H2,1-2H3,(H,32,33). The Labute approximate surface area is 205 Å². The first kappa shape index (κ1) is 22.9. The van der Waals surface area contributed by atoms with Crippen LogP contribution in [0.25, 0.3) is 44.5 Å². The van der Waals surface area contributed by atoms with E-state index in [0.29, 0.717) is 0 Å². The van der Waals surface area contributed by atoms with Gasteiger partial charge in [-0.3, -0.25) is 10.1 Å². The maximum Gasteiger partial charge on any atom is 0.0827 e. The molecule has 0 unspecified atom stereocenters. The number of nitrogens with zero attached hydrogens (tertiary/aromatic N) is 3. The van der Waals surface area contributed by atoms with E-state index in [1.165, 1.54) is 5.56 Å². The second kappa shape index (κ2) is 9.78. The summed E-state index contributed by atoms with van der Waals surface area (Å²) < 4.78 is 0. The van der Waals surface area contributed by atoms with Gasteiger partial charge in [0, 0.05) is 59.6 Å². The fraction of sp³-hybridized carbons (Fsp3) is 0.207. The van der Waals surface area contributed by atoms with Gasteiger partial charge in [0.2, 0.25) is 0 Å². The van der Waals surface area contributed by atoms with E-state index in [1.54, 1.807) is 12.4 Å². The van der Waals surface area contributed by atoms with Gasteiger partial charge in [0.05, 0.1) is 23.1 Å². The Morgan fingerprint density at radius 3 is 2.43 bits per heavy atom. The van der Waals surface area contributed by atoms with Crippen molar-refractivity contribution in [3.05, 3.63) is 90.9 Å². The fourth-order valence-electron chi connectivity index (χ4n) is 4.15. The van der Waals surface area contributed by atoms with Crippen molar-refractivity contribution in [2.45, 2.75) is 20.4 Å². The van der Waals surface area contributed by atoms with Crippen LogP contribution in [-0.2, 0) is 6.54 Å². The van der Waals surface area contributed by atoms with Crippen LogP contribution in [0.15, 0.2) is 85.3 Å². The van der Waals surface area contributed by atoms with E-state index in [1.807, 2.05) is 44.3 Å². The number of hydrogen-bond acceptors (Lipinski definition) is 5. The van der Waals surface area contributed by atoms with Gasteiger partial charge in [0.15, 0.2) is 0 Å². The van der Waals surface area contributed by atoms with Crippen LogP contribution >= 0.6 is 0 Å². The molecule has 0 atom stereocenters. The Hall–Kier alpha value is -3.87. The lowest BCUT2D eigenvalue weighted by molar-refractivity contribution is 0.156. The summed E-state index contributed by atoms with van der Waals surface area (Å²) in [5.74, 6) is 0. The molecule has 0 aliphatic rings. The zero-order valence-electron chi connectivity index (χ0n) is 20.0. The topological polar surface area (TPSA) is 86.7 Å². The van der Waals surface area contributed by atoms with Crippen LogP contribution in [-0.4, -0.2) is 38.4 Å². The minimum Gasteiger partial charge on any atom is -0.396 e. The van der Waals surface area contributed by atoms with E-state index < -0.39 is 0 Å². The first-order valence-electron chi connectivity index (χ1n) is 11.8. The van der Waals surface area contributed by atoms with Gasteiger partial charge in [-0.25, -0.2) is 4.98 Å². The van der Waals surface area contributed by atoms with Crippen LogP contribution in [0.4, 0.5) is 0 Å². The Morgan fingerprint density at radius 2 is 1.71 bits per heavy atom. The smallest absolute Gasteiger partial charge is 0.0827 e. The van der Waals surface area contributed by atoms with Crippen molar-refractivity contribution in [3.8, 4) is 33.6 Å². The van der Waals surface area contributed by atoms with Gasteiger partial charge in [-0.15, -0.1) is 0 Å². The average Bonchev–Trinajstić information content (AvgIpc) is 3.43. The minimum atomic E-state index is -0.135. The quantitative estimate of drug-likeness (QED) is 0.284. The average molecular weight is 464 g/mol. The molecule has 0 radical (unpaired) electrons. The number of benzene rings is 2. The first-order valence-corrected chi connectivity index (χ1v) is 11.8. The number of aliphatic hydroxyl groups is 1. The first-order chi connectivity index (χ1) is 17.0. The van der Waals surface area contributed by atoms with Gasteiger partial charge < -0.3 is 10.4 Å². The summed E-state index contributed by atoms with van der Waals surface area (Å²) in [5, 5.41) is 20.9. The van der Waals surface area contributed by atoms with E-state index >= 15 is 0 Å². The summed E-state index contributed by atoms with van der Waals surface area (Å²) in [6, 6.07) is 23.0. The van der Waals surface area contributed by atoms with E-state index in [-0.39, 0.29) is 12.0 Å². The van der Waals surface area contributed by atoms with Crippen LogP contribution in [0, 0.1) is 5.41 Å². The number of fused-ring (bicyclic) bond motifs is 1. The van der Waals surface area contributed by atoms with Crippen molar-refractivity contribution < 1.29 is 5.11 Å². The molecule has 3 heterocycles. The zero-order valence-corrected chi connectivity index (χ0v) is 20.0. The highest BCUT2D eigenvalue weighted by Gasteiger charge is 2.17. The number of H-pyrrole nitrogens is 1. The highest BCUT2D eigenvalue weighted by atomic mass is 16.3. The molecule has 0 aliphatic heterocycles. The molecule has 5 aromatic rings. The number of aromatic nitrogens is 4. The molecule has 6 nitrogen and oxygen atoms in total. The molecule has 0 fully saturated rings. The SMILES string of the molecule is CC(C)(CO)CNCc1ccc(-c2nc3ccnc(-c4cn[nH]c4)c3cc2-c2ccccc2)cc1. The van der Waals surface area contributed by atoms with Crippen LogP contribution in [0.5, 0.6) is 0 Å². The molecule has 2 aromatic carbocycles. The number of aliphatic hydroxyl groups excluding tert-OH is 1. The van der Waals surface area contributed by atoms with Gasteiger partial charge in [0.1, 0.15) is 0 Å². The van der Waals surface area contributed by atoms with Crippen LogP contribution in [0.1, 0.15) is 19.4 Å². The Balaban J connectivity index is 1.54. The summed E-state index contributed by atoms with van der Waals surface area (Å²) in [6.45, 7) is 5.76. The molecule has 0 spiro atoms. The number of nitrogens with one attached hydrogen (secondary N) is 2. The lowest BCUT2D eigenvalue weighted by atomic mass is 9.94. The molecule has 6 heteroatoms. The Morgan fingerprint density at radius 1 is 0.914 bits per heavy atom. The summed E-state index contributed by atoms with van der Waals surface area (Å²) in [7, 11) is 0. The number of rotatable bonds is 8. The lowest BCUT2D eigenvalue weighted by Crippen LogP contribution is -2.31. The van der Waals surface area contributed by atoms with Crippen molar-refractivity contribution in [1.29, 1.82) is 0 Å². The maximum atomic E-state index is 9.46. The summed E-state index contributed by atoms with van der Waals surface area (Å²) in [4.78, 5) is 9.74. The second-order valence-electron chi connectivity index (χ2n) is 9.59. The molecule has 3 aromatic heterocycles. The van der Waals surface area contributed by atoms with E-state index in [0.717, 1.165) is 57.6 Å². The third-order valence-electron chi connectivity index (χ3n) is 6.19. The molecule has 0 aliphatic carbocycles. The van der Waals surface area contributed by atoms with Crippen LogP contribution < -0.4 is 5.32 Å². The fourth-order valence-corrected chi connectivity index (χ4v) is 4.15. The molecule has 0 saturated carbocycles. The normalized spacial score (nSPS) is 11.7. The third-order valence-corrected chi connectivity index (χ3v) is 6.19. The number of pyridine rings is 2. The van der Waals surface area contributed by atoms with Crippen LogP contribution in [0.2, 0.25) is 0 Å². The Kier molecular flexibility index (Phi) is 6.40. The van der Waals surface area contributed by atoms with Gasteiger partial charge >= 0.3 is 0 Å². The molecular formula is C29H29N5O. The highest BCUT2D eigenvalue weighted by Crippen LogP contribution is 2.36. The predicted molar refractivity (Wildman–Crippen MR) is 141 cm³/mol. The molecular weight excluding hydrogens is 434 g/mol. The second-order valence-corrected chi connectivity index (χ2v) is 9.59. The lowest BCUT2D eigenvalue weighted by Gasteiger charge is -2.22. The van der Waals surface area contributed by atoms with E-state index in [2.05, 4.69) is 63.0 Å². The highest BCUT2D eigenvalue weighted by molar-refractivity contribution is 5.98. The largest absolute Gasteiger partial charge is 0.396 e. The molecule has 0 saturated heterocycles. The van der Waals surface area contributed by atoms with Gasteiger partial charge in [-0.2, -0.15) is 5.10 Å². The van der Waals surface area contributed by atoms with Crippen LogP contribution in [0.3, 0.4) is 0 Å². The molecule has 176 valence electrons. The minimum absolute atomic E-state index is 0.135. The molecule has 35 heavy (non-hydrogen) atoms. The van der Waals surface area contributed by atoms with Crippen molar-refractivity contribution in [2.75, 3.05) is 13.2 Å². The zero-order chi connectivity index (χ0) is 24.3. The van der Waals surface area contributed by atoms with Crippen molar-refractivity contribution in [2.24, 2.45) is 5.41 Å². The molecule has 0 amide bonds. The molecule has 3 N–H and O–H groups in total. The van der Waals surface area contributed by atoms with Gasteiger partial charge in [-0.1, -0.05) is 68.4 Å². The van der Waals surface area contributed by atoms with Gasteiger partial charge in [0.25, 0.3) is 0 Å². The monoisotopic (exact) mass is 463 g/mol. The number of aromatic amines is 1. The van der Waals surface area contributed by atoms with E-state index in [4.69, 9.17) is 4.98 Å². The third kappa shape index (κ3) is 4.99. The molecule has 0 bridgehead atoms. The van der Waals surface area contributed by atoms with E-state index in [9.17, 15) is 5.11 Å². The maximum absolute atomic E-state index is 9.46. The van der Waals surface area contributed by atoms with Crippen molar-refractivity contribution in [1.82, 2.24) is 25.5 Å². The predicted octanol–water partition coefficient (Wildman–Crippen LogP) is 5.46. The summed E-state index contributed by atoms with van der Waals surface area (Å²) >= 11 is 0. The summed E-state index contributed by atoms with van der Waals surface area (Å²) in [6.07, 6.45) is 5.44.